The minimum absolute atomic E-state index is 0. The maximum Gasteiger partial charge on any atom is 1.00 e. The average molecular weight is 335 g/mol. The van der Waals surface area contributed by atoms with Crippen LogP contribution in [-0.2, 0) is 9.13 Å². The van der Waals surface area contributed by atoms with Crippen LogP contribution in [0.1, 0.15) is 19.8 Å². The number of hydrogen-bond donors (Lipinski definition) is 0. The van der Waals surface area contributed by atoms with Gasteiger partial charge in [0.15, 0.2) is 0 Å². The van der Waals surface area contributed by atoms with Crippen molar-refractivity contribution >= 4 is 15.2 Å². The fraction of sp³-hybridized carbons (Fsp3) is 1.00. The fourth-order valence-corrected chi connectivity index (χ4v) is 2.68. The summed E-state index contributed by atoms with van der Waals surface area (Å²) in [5.74, 6) is 0. The molecule has 0 heterocycles. The molecule has 0 aliphatic carbocycles. The zero-order valence-corrected chi connectivity index (χ0v) is 18.4. The number of nitrogens with zero attached hydrogens (tertiary/aromatic N) is 1. The molecule has 0 aromatic heterocycles. The molecule has 0 aromatic rings. The van der Waals surface area contributed by atoms with Crippen molar-refractivity contribution in [2.75, 3.05) is 19.1 Å². The van der Waals surface area contributed by atoms with Crippen LogP contribution in [0.15, 0.2) is 0 Å². The van der Waals surface area contributed by atoms with Crippen LogP contribution in [-0.4, -0.2) is 24.0 Å². The van der Waals surface area contributed by atoms with E-state index in [2.05, 4.69) is 0 Å². The Balaban J connectivity index is -0.000000980. The summed E-state index contributed by atoms with van der Waals surface area (Å²) >= 11 is 0. The van der Waals surface area contributed by atoms with Gasteiger partial charge in [-0.3, -0.25) is 4.90 Å². The summed E-state index contributed by atoms with van der Waals surface area (Å²) in [5, 5.41) is 0. The number of unbranched alkanes of at least 4 members (excludes halogenated alkanes) is 1. The van der Waals surface area contributed by atoms with E-state index in [1.54, 1.807) is 0 Å². The van der Waals surface area contributed by atoms with Gasteiger partial charge >= 0.3 is 103 Å². The molecule has 7 nitrogen and oxygen atoms in total. The molecular formula is C6H13K2NO6P2-2. The van der Waals surface area contributed by atoms with Crippen LogP contribution in [0.2, 0.25) is 0 Å². The van der Waals surface area contributed by atoms with Crippen LogP contribution >= 0.6 is 15.2 Å². The minimum atomic E-state index is -4.82. The summed E-state index contributed by atoms with van der Waals surface area (Å²) < 4.78 is 20.9. The molecule has 0 aliphatic rings. The second-order valence-corrected chi connectivity index (χ2v) is 6.26. The molecule has 0 spiro atoms. The number of hydrogen-bond acceptors (Lipinski definition) is 7. The smallest absolute Gasteiger partial charge is 0.810 e. The van der Waals surface area contributed by atoms with E-state index in [0.717, 1.165) is 4.90 Å². The van der Waals surface area contributed by atoms with Crippen molar-refractivity contribution in [2.45, 2.75) is 19.8 Å². The molecule has 0 bridgehead atoms. The molecule has 0 aromatic carbocycles. The van der Waals surface area contributed by atoms with E-state index in [1.165, 1.54) is 0 Å². The van der Waals surface area contributed by atoms with Gasteiger partial charge in [-0.1, -0.05) is 28.5 Å². The van der Waals surface area contributed by atoms with Gasteiger partial charge in [-0.15, -0.1) is 0 Å². The standard InChI is InChI=1S/C6H17NO6P2.2K/c1-2-3-4-7(5-14(8,9)10)6-15(11,12)13;;/h2-6H2,1H3,(H2,8,9,10)(H2,11,12,13);;/q;2*+1/p-4. The quantitative estimate of drug-likeness (QED) is 0.334. The van der Waals surface area contributed by atoms with Gasteiger partial charge in [0, 0.05) is 12.6 Å². The van der Waals surface area contributed by atoms with Crippen LogP contribution < -0.4 is 122 Å². The summed E-state index contributed by atoms with van der Waals surface area (Å²) in [6.07, 6.45) is -0.594. The maximum absolute atomic E-state index is 10.4. The topological polar surface area (TPSA) is 130 Å². The van der Waals surface area contributed by atoms with Gasteiger partial charge in [0.2, 0.25) is 0 Å². The molecule has 0 saturated heterocycles. The first-order valence-electron chi connectivity index (χ1n) is 4.38. The van der Waals surface area contributed by atoms with E-state index in [-0.39, 0.29) is 109 Å². The van der Waals surface area contributed by atoms with E-state index in [9.17, 15) is 28.7 Å². The van der Waals surface area contributed by atoms with Crippen molar-refractivity contribution in [1.82, 2.24) is 4.90 Å². The van der Waals surface area contributed by atoms with Gasteiger partial charge in [-0.05, 0) is 13.0 Å². The largest absolute Gasteiger partial charge is 1.00 e. The van der Waals surface area contributed by atoms with Crippen molar-refractivity contribution in [3.05, 3.63) is 0 Å². The molecule has 0 fully saturated rings. The first kappa shape index (κ1) is 25.5. The zero-order valence-electron chi connectivity index (χ0n) is 10.3. The molecule has 0 aliphatic heterocycles. The van der Waals surface area contributed by atoms with Crippen LogP contribution in [0, 0.1) is 0 Å². The minimum Gasteiger partial charge on any atom is -0.810 e. The molecule has 0 rings (SSSR count). The summed E-state index contributed by atoms with van der Waals surface area (Å²) in [5.41, 5.74) is 0. The molecule has 0 unspecified atom stereocenters. The Kier molecular flexibility index (Phi) is 18.2. The molecular weight excluding hydrogens is 322 g/mol. The van der Waals surface area contributed by atoms with Gasteiger partial charge in [0.25, 0.3) is 0 Å². The Bertz CT molecular complexity index is 256. The maximum atomic E-state index is 10.4. The monoisotopic (exact) mass is 335 g/mol. The Morgan fingerprint density at radius 2 is 1.29 bits per heavy atom. The molecule has 11 heteroatoms. The van der Waals surface area contributed by atoms with Crippen molar-refractivity contribution < 1.29 is 131 Å². The van der Waals surface area contributed by atoms with Crippen molar-refractivity contribution in [1.29, 1.82) is 0 Å². The SMILES string of the molecule is CCCCN(CP(=O)([O-])[O-])CP(=O)([O-])[O-].[K+].[K+]. The van der Waals surface area contributed by atoms with E-state index in [1.807, 2.05) is 6.92 Å². The van der Waals surface area contributed by atoms with Gasteiger partial charge in [-0.25, -0.2) is 0 Å². The summed E-state index contributed by atoms with van der Waals surface area (Å²) in [6.45, 7) is 1.93. The zero-order chi connectivity index (χ0) is 12.1. The summed E-state index contributed by atoms with van der Waals surface area (Å²) in [7, 11) is -9.64. The Hall–Kier alpha value is 3.53. The first-order valence-corrected chi connectivity index (χ1v) is 7.84. The Labute approximate surface area is 186 Å². The molecule has 92 valence electrons. The predicted octanol–water partition coefficient (Wildman–Crippen LogP) is -8.16. The van der Waals surface area contributed by atoms with E-state index >= 15 is 0 Å². The van der Waals surface area contributed by atoms with Gasteiger partial charge in [0.05, 0.1) is 0 Å². The van der Waals surface area contributed by atoms with Crippen molar-refractivity contribution in [3.63, 3.8) is 0 Å². The Morgan fingerprint density at radius 1 is 0.941 bits per heavy atom. The van der Waals surface area contributed by atoms with E-state index in [0.29, 0.717) is 12.8 Å². The molecule has 0 amide bonds. The molecule has 0 radical (unpaired) electrons. The van der Waals surface area contributed by atoms with Crippen molar-refractivity contribution in [3.8, 4) is 0 Å². The number of rotatable bonds is 7. The van der Waals surface area contributed by atoms with Crippen LogP contribution in [0.3, 0.4) is 0 Å². The molecule has 0 atom stereocenters. The second-order valence-electron chi connectivity index (χ2n) is 3.25. The normalized spacial score (nSPS) is 11.9. The molecule has 0 N–H and O–H groups in total. The fourth-order valence-electron chi connectivity index (χ4n) is 1.06. The summed E-state index contributed by atoms with van der Waals surface area (Å²) in [4.78, 5) is 42.6. The summed E-state index contributed by atoms with van der Waals surface area (Å²) in [6, 6.07) is 0. The predicted molar refractivity (Wildman–Crippen MR) is 46.6 cm³/mol. The van der Waals surface area contributed by atoms with Gasteiger partial charge in [-0.2, -0.15) is 0 Å². The van der Waals surface area contributed by atoms with Crippen LogP contribution in [0.25, 0.3) is 0 Å². The third kappa shape index (κ3) is 19.5. The second kappa shape index (κ2) is 12.1. The van der Waals surface area contributed by atoms with E-state index < -0.39 is 27.8 Å². The third-order valence-corrected chi connectivity index (χ3v) is 3.07. The van der Waals surface area contributed by atoms with Crippen LogP contribution in [0.4, 0.5) is 0 Å². The molecule has 17 heavy (non-hydrogen) atoms. The Morgan fingerprint density at radius 3 is 1.53 bits per heavy atom. The van der Waals surface area contributed by atoms with Gasteiger partial charge < -0.3 is 28.7 Å². The van der Waals surface area contributed by atoms with E-state index in [4.69, 9.17) is 0 Å². The van der Waals surface area contributed by atoms with Crippen molar-refractivity contribution in [2.24, 2.45) is 0 Å². The third-order valence-electron chi connectivity index (χ3n) is 1.57. The average Bonchev–Trinajstić information content (AvgIpc) is 1.94. The van der Waals surface area contributed by atoms with Gasteiger partial charge in [0.1, 0.15) is 0 Å². The van der Waals surface area contributed by atoms with Crippen LogP contribution in [0.5, 0.6) is 0 Å². The first-order chi connectivity index (χ1) is 6.64. The molecule has 0 saturated carbocycles.